The van der Waals surface area contributed by atoms with E-state index in [2.05, 4.69) is 10.3 Å². The summed E-state index contributed by atoms with van der Waals surface area (Å²) in [5.41, 5.74) is 2.61. The first-order valence-corrected chi connectivity index (χ1v) is 6.28. The van der Waals surface area contributed by atoms with Crippen molar-refractivity contribution < 1.29 is 14.8 Å². The molecule has 0 radical (unpaired) electrons. The van der Waals surface area contributed by atoms with Gasteiger partial charge in [-0.25, -0.2) is 4.68 Å². The summed E-state index contributed by atoms with van der Waals surface area (Å²) in [7, 11) is 0. The van der Waals surface area contributed by atoms with Gasteiger partial charge in [0.1, 0.15) is 0 Å². The molecule has 8 heteroatoms. The smallest absolute Gasteiger partial charge is 0.303 e. The number of benzene rings is 1. The Bertz CT molecular complexity index is 708. The fraction of sp³-hybridized carbons (Fsp3) is 0.308. The summed E-state index contributed by atoms with van der Waals surface area (Å²) < 4.78 is 1.50. The zero-order valence-electron chi connectivity index (χ0n) is 11.6. The van der Waals surface area contributed by atoms with E-state index in [4.69, 9.17) is 5.11 Å². The van der Waals surface area contributed by atoms with Crippen LogP contribution in [0, 0.1) is 24.0 Å². The second-order valence-electron chi connectivity index (χ2n) is 4.65. The second-order valence-corrected chi connectivity index (χ2v) is 4.65. The van der Waals surface area contributed by atoms with Crippen molar-refractivity contribution in [1.29, 1.82) is 0 Å². The number of nitro groups is 1. The first-order valence-electron chi connectivity index (χ1n) is 6.28. The van der Waals surface area contributed by atoms with Crippen LogP contribution in [0.1, 0.15) is 23.4 Å². The monoisotopic (exact) mass is 290 g/mol. The van der Waals surface area contributed by atoms with Crippen LogP contribution in [-0.2, 0) is 11.2 Å². The number of nitrogens with zero attached hydrogens (tertiary/aromatic N) is 4. The number of aromatic nitrogens is 3. The summed E-state index contributed by atoms with van der Waals surface area (Å²) in [6.07, 6.45) is 0.239. The molecule has 1 heterocycles. The number of nitro benzene ring substituents is 1. The summed E-state index contributed by atoms with van der Waals surface area (Å²) >= 11 is 0. The molecule has 110 valence electrons. The second kappa shape index (κ2) is 5.70. The van der Waals surface area contributed by atoms with Crippen molar-refractivity contribution in [3.8, 4) is 5.69 Å². The van der Waals surface area contributed by atoms with Gasteiger partial charge in [-0.15, -0.1) is 5.10 Å². The van der Waals surface area contributed by atoms with Crippen molar-refractivity contribution in [2.24, 2.45) is 0 Å². The van der Waals surface area contributed by atoms with E-state index >= 15 is 0 Å². The molecule has 1 aromatic heterocycles. The van der Waals surface area contributed by atoms with Crippen LogP contribution in [0.15, 0.2) is 18.2 Å². The lowest BCUT2D eigenvalue weighted by molar-refractivity contribution is -0.384. The molecule has 0 aliphatic rings. The fourth-order valence-electron chi connectivity index (χ4n) is 1.99. The zero-order chi connectivity index (χ0) is 15.6. The molecule has 2 aromatic rings. The summed E-state index contributed by atoms with van der Waals surface area (Å²) in [5, 5.41) is 27.5. The van der Waals surface area contributed by atoms with Crippen LogP contribution >= 0.6 is 0 Å². The van der Waals surface area contributed by atoms with Gasteiger partial charge >= 0.3 is 5.97 Å². The summed E-state index contributed by atoms with van der Waals surface area (Å²) in [4.78, 5) is 21.0. The van der Waals surface area contributed by atoms with E-state index in [9.17, 15) is 14.9 Å². The Morgan fingerprint density at radius 3 is 2.76 bits per heavy atom. The Kier molecular flexibility index (Phi) is 3.97. The minimum Gasteiger partial charge on any atom is -0.481 e. The van der Waals surface area contributed by atoms with Crippen molar-refractivity contribution in [1.82, 2.24) is 15.0 Å². The molecule has 2 rings (SSSR count). The van der Waals surface area contributed by atoms with E-state index in [1.165, 1.54) is 16.8 Å². The number of carboxylic acid groups (broad SMARTS) is 1. The van der Waals surface area contributed by atoms with Crippen LogP contribution in [0.3, 0.4) is 0 Å². The standard InChI is InChI=1S/C13H14N4O4/c1-8-3-4-10(17(20)21)7-12(8)16-9(2)11(14-15-16)5-6-13(18)19/h3-4,7H,5-6H2,1-2H3,(H,18,19). The third-order valence-electron chi connectivity index (χ3n) is 3.20. The highest BCUT2D eigenvalue weighted by Crippen LogP contribution is 2.22. The highest BCUT2D eigenvalue weighted by molar-refractivity contribution is 5.67. The molecular weight excluding hydrogens is 276 g/mol. The molecule has 0 aliphatic carbocycles. The average molecular weight is 290 g/mol. The van der Waals surface area contributed by atoms with Gasteiger partial charge in [0, 0.05) is 18.6 Å². The normalized spacial score (nSPS) is 10.6. The topological polar surface area (TPSA) is 111 Å². The Balaban J connectivity index is 2.40. The first kappa shape index (κ1) is 14.6. The largest absolute Gasteiger partial charge is 0.481 e. The number of rotatable bonds is 5. The number of aryl methyl sites for hydroxylation is 2. The number of aliphatic carboxylic acids is 1. The minimum absolute atomic E-state index is 0.0300. The molecular formula is C13H14N4O4. The number of non-ortho nitro benzene ring substituents is 1. The molecule has 0 atom stereocenters. The SMILES string of the molecule is Cc1ccc([N+](=O)[O-])cc1-n1nnc(CCC(=O)O)c1C. The summed E-state index contributed by atoms with van der Waals surface area (Å²) in [5.74, 6) is -0.907. The molecule has 21 heavy (non-hydrogen) atoms. The Hall–Kier alpha value is -2.77. The van der Waals surface area contributed by atoms with Crippen LogP contribution in [-0.4, -0.2) is 31.0 Å². The van der Waals surface area contributed by atoms with E-state index in [0.29, 0.717) is 17.1 Å². The molecule has 0 saturated carbocycles. The average Bonchev–Trinajstić information content (AvgIpc) is 2.78. The number of carboxylic acids is 1. The van der Waals surface area contributed by atoms with Gasteiger partial charge in [-0.1, -0.05) is 11.3 Å². The van der Waals surface area contributed by atoms with Gasteiger partial charge < -0.3 is 5.11 Å². The summed E-state index contributed by atoms with van der Waals surface area (Å²) in [6, 6.07) is 4.50. The van der Waals surface area contributed by atoms with Crippen molar-refractivity contribution in [3.63, 3.8) is 0 Å². The van der Waals surface area contributed by atoms with Gasteiger partial charge in [-0.3, -0.25) is 14.9 Å². The van der Waals surface area contributed by atoms with Gasteiger partial charge in [0.25, 0.3) is 5.69 Å². The van der Waals surface area contributed by atoms with Crippen LogP contribution in [0.4, 0.5) is 5.69 Å². The maximum absolute atomic E-state index is 10.9. The van der Waals surface area contributed by atoms with Crippen molar-refractivity contribution in [2.45, 2.75) is 26.7 Å². The van der Waals surface area contributed by atoms with Crippen LogP contribution in [0.25, 0.3) is 5.69 Å². The quantitative estimate of drug-likeness (QED) is 0.664. The van der Waals surface area contributed by atoms with Gasteiger partial charge in [-0.2, -0.15) is 0 Å². The van der Waals surface area contributed by atoms with E-state index < -0.39 is 10.9 Å². The van der Waals surface area contributed by atoms with Gasteiger partial charge in [-0.05, 0) is 19.4 Å². The van der Waals surface area contributed by atoms with Crippen molar-refractivity contribution >= 4 is 11.7 Å². The molecule has 0 spiro atoms. The molecule has 0 aliphatic heterocycles. The lowest BCUT2D eigenvalue weighted by Gasteiger charge is -2.07. The third-order valence-corrected chi connectivity index (χ3v) is 3.20. The molecule has 0 saturated heterocycles. The van der Waals surface area contributed by atoms with Crippen molar-refractivity contribution in [2.75, 3.05) is 0 Å². The van der Waals surface area contributed by atoms with E-state index in [-0.39, 0.29) is 18.5 Å². The maximum atomic E-state index is 10.9. The van der Waals surface area contributed by atoms with Gasteiger partial charge in [0.05, 0.1) is 28.4 Å². The molecule has 1 aromatic carbocycles. The molecule has 1 N–H and O–H groups in total. The Morgan fingerprint density at radius 2 is 2.14 bits per heavy atom. The first-order chi connectivity index (χ1) is 9.90. The highest BCUT2D eigenvalue weighted by Gasteiger charge is 2.15. The highest BCUT2D eigenvalue weighted by atomic mass is 16.6. The predicted octanol–water partition coefficient (Wildman–Crippen LogP) is 1.81. The van der Waals surface area contributed by atoms with Crippen LogP contribution in [0.5, 0.6) is 0 Å². The number of hydrogen-bond donors (Lipinski definition) is 1. The number of carbonyl (C=O) groups is 1. The molecule has 0 unspecified atom stereocenters. The lowest BCUT2D eigenvalue weighted by Crippen LogP contribution is -2.04. The van der Waals surface area contributed by atoms with Gasteiger partial charge in [0.15, 0.2) is 0 Å². The van der Waals surface area contributed by atoms with E-state index in [0.717, 1.165) is 5.56 Å². The van der Waals surface area contributed by atoms with Gasteiger partial charge in [0.2, 0.25) is 0 Å². The predicted molar refractivity (Wildman–Crippen MR) is 73.4 cm³/mol. The third kappa shape index (κ3) is 3.04. The van der Waals surface area contributed by atoms with E-state index in [1.54, 1.807) is 13.0 Å². The fourth-order valence-corrected chi connectivity index (χ4v) is 1.99. The molecule has 0 fully saturated rings. The maximum Gasteiger partial charge on any atom is 0.303 e. The Labute approximate surface area is 120 Å². The Morgan fingerprint density at radius 1 is 1.43 bits per heavy atom. The van der Waals surface area contributed by atoms with Crippen molar-refractivity contribution in [3.05, 3.63) is 45.3 Å². The van der Waals surface area contributed by atoms with Crippen LogP contribution < -0.4 is 0 Å². The minimum atomic E-state index is -0.907. The zero-order valence-corrected chi connectivity index (χ0v) is 11.6. The number of hydrogen-bond acceptors (Lipinski definition) is 5. The molecule has 0 bridgehead atoms. The van der Waals surface area contributed by atoms with Crippen LogP contribution in [0.2, 0.25) is 0 Å². The van der Waals surface area contributed by atoms with E-state index in [1.807, 2.05) is 6.92 Å². The lowest BCUT2D eigenvalue weighted by atomic mass is 10.1. The molecule has 0 amide bonds. The molecule has 8 nitrogen and oxygen atoms in total. The summed E-state index contributed by atoms with van der Waals surface area (Å²) in [6.45, 7) is 3.58.